The Morgan fingerprint density at radius 3 is 2.93 bits per heavy atom. The number of imidazole rings is 1. The number of aryl methyl sites for hydroxylation is 1. The van der Waals surface area contributed by atoms with Crippen LogP contribution in [-0.4, -0.2) is 60.9 Å². The number of aromatic nitrogens is 5. The lowest BCUT2D eigenvalue weighted by molar-refractivity contribution is 0.231. The molecule has 6 heterocycles. The SMILES string of the molecule is Cc1cn2cc(-c3cc(=O)n4cc(N5CCN6CCC[C@H]6C5)ccc4n3)cnc2n1. The van der Waals surface area contributed by atoms with Crippen molar-refractivity contribution in [1.29, 1.82) is 0 Å². The Bertz CT molecular complexity index is 1320. The Morgan fingerprint density at radius 1 is 1.07 bits per heavy atom. The normalized spacial score (nSPS) is 19.6. The van der Waals surface area contributed by atoms with Gasteiger partial charge in [0.1, 0.15) is 5.65 Å². The van der Waals surface area contributed by atoms with Gasteiger partial charge in [0.25, 0.3) is 5.56 Å². The first kappa shape index (κ1) is 17.6. The first-order valence-electron chi connectivity index (χ1n) is 10.5. The Morgan fingerprint density at radius 2 is 2.00 bits per heavy atom. The van der Waals surface area contributed by atoms with Crippen LogP contribution in [0.25, 0.3) is 22.7 Å². The maximum atomic E-state index is 12.9. The van der Waals surface area contributed by atoms with E-state index in [4.69, 9.17) is 4.98 Å². The van der Waals surface area contributed by atoms with Crippen molar-refractivity contribution in [3.8, 4) is 11.3 Å². The number of pyridine rings is 1. The van der Waals surface area contributed by atoms with Gasteiger partial charge in [0.2, 0.25) is 5.78 Å². The molecule has 0 bridgehead atoms. The molecule has 0 saturated carbocycles. The maximum absolute atomic E-state index is 12.9. The highest BCUT2D eigenvalue weighted by Gasteiger charge is 2.30. The highest BCUT2D eigenvalue weighted by Crippen LogP contribution is 2.25. The fourth-order valence-corrected chi connectivity index (χ4v) is 4.79. The van der Waals surface area contributed by atoms with Crippen LogP contribution in [0.2, 0.25) is 0 Å². The molecule has 2 aliphatic rings. The van der Waals surface area contributed by atoms with E-state index >= 15 is 0 Å². The lowest BCUT2D eigenvalue weighted by atomic mass is 10.1. The summed E-state index contributed by atoms with van der Waals surface area (Å²) in [6.07, 6.45) is 10.0. The van der Waals surface area contributed by atoms with Crippen molar-refractivity contribution in [2.75, 3.05) is 31.1 Å². The van der Waals surface area contributed by atoms with Gasteiger partial charge < -0.3 is 4.90 Å². The summed E-state index contributed by atoms with van der Waals surface area (Å²) in [5.41, 5.74) is 3.95. The summed E-state index contributed by atoms with van der Waals surface area (Å²) in [4.78, 5) is 31.3. The Hall–Kier alpha value is -3.26. The molecule has 4 aromatic heterocycles. The summed E-state index contributed by atoms with van der Waals surface area (Å²) in [7, 11) is 0. The van der Waals surface area contributed by atoms with Crippen molar-refractivity contribution >= 4 is 17.1 Å². The van der Waals surface area contributed by atoms with Gasteiger partial charge in [-0.15, -0.1) is 0 Å². The first-order chi connectivity index (χ1) is 14.6. The van der Waals surface area contributed by atoms with Gasteiger partial charge in [-0.3, -0.25) is 18.5 Å². The van der Waals surface area contributed by atoms with Gasteiger partial charge in [0.05, 0.1) is 17.1 Å². The highest BCUT2D eigenvalue weighted by atomic mass is 16.1. The van der Waals surface area contributed by atoms with Crippen LogP contribution >= 0.6 is 0 Å². The number of rotatable bonds is 2. The van der Waals surface area contributed by atoms with Crippen molar-refractivity contribution in [3.63, 3.8) is 0 Å². The quantitative estimate of drug-likeness (QED) is 0.512. The summed E-state index contributed by atoms with van der Waals surface area (Å²) < 4.78 is 3.51. The van der Waals surface area contributed by atoms with Crippen LogP contribution in [-0.2, 0) is 0 Å². The number of hydrogen-bond acceptors (Lipinski definition) is 6. The molecule has 6 rings (SSSR count). The molecule has 0 aliphatic carbocycles. The van der Waals surface area contributed by atoms with Gasteiger partial charge >= 0.3 is 0 Å². The fraction of sp³-hybridized carbons (Fsp3) is 0.364. The minimum Gasteiger partial charge on any atom is -0.367 e. The predicted octanol–water partition coefficient (Wildman–Crippen LogP) is 2.00. The standard InChI is InChI=1S/C22H23N7O/c1-15-11-28-12-16(10-23-22(28)24-15)19-9-21(30)29-14-18(4-5-20(29)25-19)27-8-7-26-6-2-3-17(26)13-27/h4-5,9-12,14,17H,2-3,6-8,13H2,1H3/t17-/m0/s1. The Balaban J connectivity index is 1.36. The largest absolute Gasteiger partial charge is 0.367 e. The van der Waals surface area contributed by atoms with E-state index in [1.54, 1.807) is 16.7 Å². The van der Waals surface area contributed by atoms with Crippen molar-refractivity contribution < 1.29 is 0 Å². The zero-order valence-corrected chi connectivity index (χ0v) is 16.9. The molecule has 4 aromatic rings. The zero-order valence-electron chi connectivity index (χ0n) is 16.9. The highest BCUT2D eigenvalue weighted by molar-refractivity contribution is 5.62. The summed E-state index contributed by atoms with van der Waals surface area (Å²) in [6.45, 7) is 6.28. The maximum Gasteiger partial charge on any atom is 0.258 e. The van der Waals surface area contributed by atoms with E-state index in [0.29, 0.717) is 23.2 Å². The molecule has 0 unspecified atom stereocenters. The predicted molar refractivity (Wildman–Crippen MR) is 115 cm³/mol. The molecule has 8 nitrogen and oxygen atoms in total. The molecular formula is C22H23N7O. The third-order valence-electron chi connectivity index (χ3n) is 6.32. The van der Waals surface area contributed by atoms with E-state index in [1.165, 1.54) is 19.4 Å². The van der Waals surface area contributed by atoms with Gasteiger partial charge in [-0.2, -0.15) is 0 Å². The molecule has 1 atom stereocenters. The fourth-order valence-electron chi connectivity index (χ4n) is 4.79. The van der Waals surface area contributed by atoms with E-state index in [0.717, 1.165) is 36.6 Å². The molecule has 0 aromatic carbocycles. The molecule has 0 spiro atoms. The van der Waals surface area contributed by atoms with E-state index in [-0.39, 0.29) is 5.56 Å². The van der Waals surface area contributed by atoms with Crippen molar-refractivity contribution in [1.82, 2.24) is 28.7 Å². The third kappa shape index (κ3) is 2.87. The van der Waals surface area contributed by atoms with Crippen LogP contribution in [0.1, 0.15) is 18.5 Å². The number of piperazine rings is 1. The summed E-state index contributed by atoms with van der Waals surface area (Å²) in [6, 6.07) is 6.24. The average Bonchev–Trinajstić information content (AvgIpc) is 3.37. The first-order valence-corrected chi connectivity index (χ1v) is 10.5. The summed E-state index contributed by atoms with van der Waals surface area (Å²) in [5.74, 6) is 0.640. The van der Waals surface area contributed by atoms with Crippen LogP contribution in [0.3, 0.4) is 0 Å². The van der Waals surface area contributed by atoms with Crippen LogP contribution in [0.4, 0.5) is 5.69 Å². The van der Waals surface area contributed by atoms with Gasteiger partial charge in [-0.05, 0) is 38.4 Å². The van der Waals surface area contributed by atoms with Crippen LogP contribution < -0.4 is 10.5 Å². The zero-order chi connectivity index (χ0) is 20.2. The lowest BCUT2D eigenvalue weighted by Gasteiger charge is -2.38. The molecular weight excluding hydrogens is 378 g/mol. The molecule has 0 amide bonds. The van der Waals surface area contributed by atoms with E-state index in [2.05, 4.69) is 25.8 Å². The van der Waals surface area contributed by atoms with Crippen LogP contribution in [0.5, 0.6) is 0 Å². The number of nitrogens with zero attached hydrogens (tertiary/aromatic N) is 7. The van der Waals surface area contributed by atoms with E-state index < -0.39 is 0 Å². The third-order valence-corrected chi connectivity index (χ3v) is 6.32. The molecule has 8 heteroatoms. The van der Waals surface area contributed by atoms with Crippen molar-refractivity contribution in [3.05, 3.63) is 59.0 Å². The van der Waals surface area contributed by atoms with Crippen molar-refractivity contribution in [2.24, 2.45) is 0 Å². The lowest BCUT2D eigenvalue weighted by Crippen LogP contribution is -2.50. The second-order valence-corrected chi connectivity index (χ2v) is 8.31. The van der Waals surface area contributed by atoms with E-state index in [1.807, 2.05) is 36.0 Å². The van der Waals surface area contributed by atoms with Gasteiger partial charge in [0.15, 0.2) is 0 Å². The minimum absolute atomic E-state index is 0.0849. The molecule has 2 saturated heterocycles. The van der Waals surface area contributed by atoms with Gasteiger partial charge in [-0.25, -0.2) is 15.0 Å². The van der Waals surface area contributed by atoms with E-state index in [9.17, 15) is 4.79 Å². The molecule has 0 N–H and O–H groups in total. The summed E-state index contributed by atoms with van der Waals surface area (Å²) in [5, 5.41) is 0. The van der Waals surface area contributed by atoms with Gasteiger partial charge in [0, 0.05) is 62.1 Å². The molecule has 2 aliphatic heterocycles. The van der Waals surface area contributed by atoms with Crippen molar-refractivity contribution in [2.45, 2.75) is 25.8 Å². The van der Waals surface area contributed by atoms with Crippen LogP contribution in [0.15, 0.2) is 47.8 Å². The minimum atomic E-state index is -0.0849. The second-order valence-electron chi connectivity index (χ2n) is 8.31. The van der Waals surface area contributed by atoms with Crippen LogP contribution in [0, 0.1) is 6.92 Å². The molecule has 0 radical (unpaired) electrons. The average molecular weight is 401 g/mol. The molecule has 152 valence electrons. The van der Waals surface area contributed by atoms with Gasteiger partial charge in [-0.1, -0.05) is 0 Å². The monoisotopic (exact) mass is 401 g/mol. The number of anilines is 1. The smallest absolute Gasteiger partial charge is 0.258 e. The number of fused-ring (bicyclic) bond motifs is 3. The Labute approximate surface area is 173 Å². The topological polar surface area (TPSA) is 71.0 Å². The Kier molecular flexibility index (Phi) is 3.89. The second kappa shape index (κ2) is 6.63. The molecule has 30 heavy (non-hydrogen) atoms. The molecule has 2 fully saturated rings. The summed E-state index contributed by atoms with van der Waals surface area (Å²) >= 11 is 0. The number of hydrogen-bond donors (Lipinski definition) is 0.